The Bertz CT molecular complexity index is 682. The fourth-order valence-electron chi connectivity index (χ4n) is 2.34. The van der Waals surface area contributed by atoms with Gasteiger partial charge < -0.3 is 10.1 Å². The minimum Gasteiger partial charge on any atom is -0.484 e. The van der Waals surface area contributed by atoms with Crippen LogP contribution in [0.3, 0.4) is 0 Å². The number of aryl methyl sites for hydroxylation is 2. The zero-order valence-electron chi connectivity index (χ0n) is 14.6. The molecular formula is C20H25NO2. The van der Waals surface area contributed by atoms with E-state index in [0.29, 0.717) is 5.75 Å². The van der Waals surface area contributed by atoms with Gasteiger partial charge in [0.25, 0.3) is 5.91 Å². The molecule has 0 heterocycles. The van der Waals surface area contributed by atoms with Crippen LogP contribution in [0, 0.1) is 13.8 Å². The Morgan fingerprint density at radius 2 is 1.70 bits per heavy atom. The monoisotopic (exact) mass is 311 g/mol. The first kappa shape index (κ1) is 17.1. The zero-order valence-corrected chi connectivity index (χ0v) is 14.6. The van der Waals surface area contributed by atoms with E-state index >= 15 is 0 Å². The number of carbonyl (C=O) groups is 1. The van der Waals surface area contributed by atoms with Crippen molar-refractivity contribution in [3.63, 3.8) is 0 Å². The van der Waals surface area contributed by atoms with Crippen LogP contribution in [-0.4, -0.2) is 12.5 Å². The summed E-state index contributed by atoms with van der Waals surface area (Å²) >= 11 is 0. The molecule has 0 spiro atoms. The molecule has 0 saturated carbocycles. The second-order valence-electron chi connectivity index (χ2n) is 6.93. The molecule has 0 unspecified atom stereocenters. The molecule has 1 amide bonds. The van der Waals surface area contributed by atoms with Crippen molar-refractivity contribution in [1.82, 2.24) is 0 Å². The van der Waals surface area contributed by atoms with Crippen LogP contribution in [0.4, 0.5) is 5.69 Å². The summed E-state index contributed by atoms with van der Waals surface area (Å²) in [4.78, 5) is 12.0. The highest BCUT2D eigenvalue weighted by Gasteiger charge is 2.13. The second-order valence-corrected chi connectivity index (χ2v) is 6.93. The number of benzene rings is 2. The van der Waals surface area contributed by atoms with Crippen molar-refractivity contribution >= 4 is 11.6 Å². The topological polar surface area (TPSA) is 38.3 Å². The van der Waals surface area contributed by atoms with Crippen molar-refractivity contribution in [3.05, 3.63) is 59.2 Å². The second kappa shape index (κ2) is 6.86. The molecule has 0 aliphatic rings. The molecule has 3 heteroatoms. The summed E-state index contributed by atoms with van der Waals surface area (Å²) in [6, 6.07) is 13.8. The lowest BCUT2D eigenvalue weighted by Crippen LogP contribution is -2.20. The van der Waals surface area contributed by atoms with E-state index in [1.165, 1.54) is 11.1 Å². The molecule has 0 radical (unpaired) electrons. The van der Waals surface area contributed by atoms with E-state index in [4.69, 9.17) is 4.74 Å². The van der Waals surface area contributed by atoms with Gasteiger partial charge in [0.05, 0.1) is 0 Å². The molecule has 0 aliphatic carbocycles. The molecule has 0 bridgehead atoms. The van der Waals surface area contributed by atoms with Gasteiger partial charge in [0.15, 0.2) is 6.61 Å². The highest BCUT2D eigenvalue weighted by molar-refractivity contribution is 5.92. The fraction of sp³-hybridized carbons (Fsp3) is 0.350. The molecular weight excluding hydrogens is 286 g/mol. The first-order valence-corrected chi connectivity index (χ1v) is 7.86. The van der Waals surface area contributed by atoms with Crippen molar-refractivity contribution < 1.29 is 9.53 Å². The summed E-state index contributed by atoms with van der Waals surface area (Å²) in [6.07, 6.45) is 0. The maximum absolute atomic E-state index is 12.0. The van der Waals surface area contributed by atoms with Gasteiger partial charge in [0.1, 0.15) is 5.75 Å². The number of amides is 1. The molecule has 1 N–H and O–H groups in total. The Labute approximate surface area is 138 Å². The van der Waals surface area contributed by atoms with Gasteiger partial charge in [-0.15, -0.1) is 0 Å². The molecule has 3 nitrogen and oxygen atoms in total. The highest BCUT2D eigenvalue weighted by Crippen LogP contribution is 2.24. The molecule has 0 aromatic heterocycles. The summed E-state index contributed by atoms with van der Waals surface area (Å²) in [5.74, 6) is 0.547. The van der Waals surface area contributed by atoms with E-state index in [1.54, 1.807) is 0 Å². The number of nitrogens with one attached hydrogen (secondary N) is 1. The quantitative estimate of drug-likeness (QED) is 0.895. The fourth-order valence-corrected chi connectivity index (χ4v) is 2.34. The lowest BCUT2D eigenvalue weighted by Gasteiger charge is -2.19. The largest absolute Gasteiger partial charge is 0.484 e. The van der Waals surface area contributed by atoms with Crippen LogP contribution in [0.1, 0.15) is 37.5 Å². The highest BCUT2D eigenvalue weighted by atomic mass is 16.5. The predicted molar refractivity (Wildman–Crippen MR) is 95.2 cm³/mol. The van der Waals surface area contributed by atoms with Crippen LogP contribution < -0.4 is 10.1 Å². The normalized spacial score (nSPS) is 11.2. The lowest BCUT2D eigenvalue weighted by atomic mass is 9.87. The van der Waals surface area contributed by atoms with Gasteiger partial charge in [-0.1, -0.05) is 50.6 Å². The maximum Gasteiger partial charge on any atom is 0.262 e. The number of hydrogen-bond donors (Lipinski definition) is 1. The van der Waals surface area contributed by atoms with Crippen molar-refractivity contribution in [2.24, 2.45) is 0 Å². The van der Waals surface area contributed by atoms with E-state index in [1.807, 2.05) is 56.3 Å². The molecule has 122 valence electrons. The standard InChI is InChI=1S/C20H25NO2/c1-14-6-11-18(15(2)12-14)21-19(22)13-23-17-9-7-16(8-10-17)20(3,4)5/h6-12H,13H2,1-5H3,(H,21,22). The molecule has 2 aromatic carbocycles. The number of ether oxygens (including phenoxy) is 1. The van der Waals surface area contributed by atoms with Gasteiger partial charge in [0, 0.05) is 5.69 Å². The predicted octanol–water partition coefficient (Wildman–Crippen LogP) is 4.62. The molecule has 0 aliphatic heterocycles. The summed E-state index contributed by atoms with van der Waals surface area (Å²) in [6.45, 7) is 10.5. The van der Waals surface area contributed by atoms with E-state index in [9.17, 15) is 4.79 Å². The van der Waals surface area contributed by atoms with Gasteiger partial charge in [-0.3, -0.25) is 4.79 Å². The maximum atomic E-state index is 12.0. The third kappa shape index (κ3) is 4.85. The molecule has 2 aromatic rings. The van der Waals surface area contributed by atoms with Gasteiger partial charge in [-0.2, -0.15) is 0 Å². The minimum atomic E-state index is -0.156. The number of carbonyl (C=O) groups excluding carboxylic acids is 1. The third-order valence-electron chi connectivity index (χ3n) is 3.75. The van der Waals surface area contributed by atoms with Crippen molar-refractivity contribution in [3.8, 4) is 5.75 Å². The van der Waals surface area contributed by atoms with Gasteiger partial charge in [-0.25, -0.2) is 0 Å². The van der Waals surface area contributed by atoms with Crippen LogP contribution in [0.15, 0.2) is 42.5 Å². The van der Waals surface area contributed by atoms with Gasteiger partial charge in [-0.05, 0) is 48.6 Å². The van der Waals surface area contributed by atoms with Gasteiger partial charge >= 0.3 is 0 Å². The van der Waals surface area contributed by atoms with Crippen LogP contribution in [0.2, 0.25) is 0 Å². The zero-order chi connectivity index (χ0) is 17.0. The van der Waals surface area contributed by atoms with E-state index in [2.05, 4.69) is 26.1 Å². The summed E-state index contributed by atoms with van der Waals surface area (Å²) < 4.78 is 5.56. The average Bonchev–Trinajstić information content (AvgIpc) is 2.47. The van der Waals surface area contributed by atoms with E-state index < -0.39 is 0 Å². The van der Waals surface area contributed by atoms with Crippen molar-refractivity contribution in [2.75, 3.05) is 11.9 Å². The average molecular weight is 311 g/mol. The molecule has 0 atom stereocenters. The van der Waals surface area contributed by atoms with Crippen LogP contribution in [0.5, 0.6) is 5.75 Å². The summed E-state index contributed by atoms with van der Waals surface area (Å²) in [7, 11) is 0. The van der Waals surface area contributed by atoms with E-state index in [-0.39, 0.29) is 17.9 Å². The molecule has 0 saturated heterocycles. The van der Waals surface area contributed by atoms with Crippen LogP contribution in [-0.2, 0) is 10.2 Å². The molecule has 0 fully saturated rings. The Hall–Kier alpha value is -2.29. The van der Waals surface area contributed by atoms with Crippen LogP contribution in [0.25, 0.3) is 0 Å². The molecule has 23 heavy (non-hydrogen) atoms. The van der Waals surface area contributed by atoms with E-state index in [0.717, 1.165) is 11.3 Å². The first-order valence-electron chi connectivity index (χ1n) is 7.86. The Morgan fingerprint density at radius 3 is 2.26 bits per heavy atom. The lowest BCUT2D eigenvalue weighted by molar-refractivity contribution is -0.118. The van der Waals surface area contributed by atoms with Crippen LogP contribution >= 0.6 is 0 Å². The number of anilines is 1. The Balaban J connectivity index is 1.91. The van der Waals surface area contributed by atoms with Crippen molar-refractivity contribution in [1.29, 1.82) is 0 Å². The number of hydrogen-bond acceptors (Lipinski definition) is 2. The Kier molecular flexibility index (Phi) is 5.09. The number of rotatable bonds is 4. The first-order chi connectivity index (χ1) is 10.8. The summed E-state index contributed by atoms with van der Waals surface area (Å²) in [5, 5.41) is 2.88. The van der Waals surface area contributed by atoms with Crippen molar-refractivity contribution in [2.45, 2.75) is 40.0 Å². The Morgan fingerprint density at radius 1 is 1.04 bits per heavy atom. The molecule has 2 rings (SSSR count). The third-order valence-corrected chi connectivity index (χ3v) is 3.75. The smallest absolute Gasteiger partial charge is 0.262 e. The SMILES string of the molecule is Cc1ccc(NC(=O)COc2ccc(C(C)(C)C)cc2)c(C)c1. The van der Waals surface area contributed by atoms with Gasteiger partial charge in [0.2, 0.25) is 0 Å². The minimum absolute atomic E-state index is 0.00216. The summed E-state index contributed by atoms with van der Waals surface area (Å²) in [5.41, 5.74) is 4.40.